The van der Waals surface area contributed by atoms with Gasteiger partial charge in [-0.3, -0.25) is 0 Å². The van der Waals surface area contributed by atoms with Gasteiger partial charge in [0.25, 0.3) is 0 Å². The molecule has 20 heavy (non-hydrogen) atoms. The topological polar surface area (TPSA) is 24.1 Å². The fourth-order valence-electron chi connectivity index (χ4n) is 3.57. The van der Waals surface area contributed by atoms with Crippen molar-refractivity contribution in [2.24, 2.45) is 0 Å². The summed E-state index contributed by atoms with van der Waals surface area (Å²) in [5.74, 6) is 0. The summed E-state index contributed by atoms with van der Waals surface area (Å²) < 4.78 is 0. The maximum Gasteiger partial charge on any atom is 0.0936 e. The summed E-state index contributed by atoms with van der Waals surface area (Å²) in [6.45, 7) is 2.15. The summed E-state index contributed by atoms with van der Waals surface area (Å²) in [6, 6.07) is 17.7. The van der Waals surface area contributed by atoms with Crippen LogP contribution in [0.15, 0.2) is 48.5 Å². The van der Waals surface area contributed by atoms with Gasteiger partial charge in [-0.15, -0.1) is 0 Å². The van der Waals surface area contributed by atoms with Crippen LogP contribution in [0.5, 0.6) is 0 Å². The second-order valence-electron chi connectivity index (χ2n) is 5.67. The molecule has 5 rings (SSSR count). The SMILES string of the molecule is CC1Nc2cc3ccc4cccc5ccc(c2N1)c3c45. The van der Waals surface area contributed by atoms with Crippen LogP contribution in [-0.4, -0.2) is 6.17 Å². The van der Waals surface area contributed by atoms with Gasteiger partial charge in [0.2, 0.25) is 0 Å². The number of rotatable bonds is 0. The molecule has 1 heterocycles. The molecule has 0 aliphatic carbocycles. The lowest BCUT2D eigenvalue weighted by molar-refractivity contribution is 0.957. The Morgan fingerprint density at radius 3 is 2.40 bits per heavy atom. The molecular weight excluding hydrogens is 244 g/mol. The molecule has 0 fully saturated rings. The molecule has 1 aliphatic rings. The first-order valence-electron chi connectivity index (χ1n) is 7.05. The Morgan fingerprint density at radius 2 is 1.55 bits per heavy atom. The summed E-state index contributed by atoms with van der Waals surface area (Å²) in [6.07, 6.45) is 0.291. The van der Waals surface area contributed by atoms with Crippen molar-refractivity contribution in [2.45, 2.75) is 13.1 Å². The molecule has 0 spiro atoms. The molecular formula is C18H14N2. The molecule has 2 N–H and O–H groups in total. The molecule has 1 aliphatic heterocycles. The molecule has 1 unspecified atom stereocenters. The zero-order valence-corrected chi connectivity index (χ0v) is 11.2. The molecule has 0 aromatic heterocycles. The molecule has 2 heteroatoms. The van der Waals surface area contributed by atoms with Gasteiger partial charge in [0.15, 0.2) is 0 Å². The Balaban J connectivity index is 2.09. The van der Waals surface area contributed by atoms with Crippen LogP contribution in [0.2, 0.25) is 0 Å². The minimum absolute atomic E-state index is 0.291. The van der Waals surface area contributed by atoms with Gasteiger partial charge in [-0.25, -0.2) is 0 Å². The van der Waals surface area contributed by atoms with Gasteiger partial charge in [-0.1, -0.05) is 42.5 Å². The van der Waals surface area contributed by atoms with Crippen LogP contribution in [0.1, 0.15) is 6.92 Å². The fraction of sp³-hybridized carbons (Fsp3) is 0.111. The van der Waals surface area contributed by atoms with E-state index in [1.807, 2.05) is 0 Å². The largest absolute Gasteiger partial charge is 0.364 e. The third-order valence-corrected chi connectivity index (χ3v) is 4.38. The Labute approximate surface area is 116 Å². The van der Waals surface area contributed by atoms with Crippen molar-refractivity contribution in [1.29, 1.82) is 0 Å². The van der Waals surface area contributed by atoms with Gasteiger partial charge in [-0.05, 0) is 39.9 Å². The number of fused-ring (bicyclic) bond motifs is 2. The van der Waals surface area contributed by atoms with Crippen LogP contribution in [0.4, 0.5) is 11.4 Å². The van der Waals surface area contributed by atoms with Crippen molar-refractivity contribution in [3.63, 3.8) is 0 Å². The van der Waals surface area contributed by atoms with E-state index < -0.39 is 0 Å². The molecule has 2 nitrogen and oxygen atoms in total. The minimum atomic E-state index is 0.291. The van der Waals surface area contributed by atoms with E-state index in [1.165, 1.54) is 43.7 Å². The monoisotopic (exact) mass is 258 g/mol. The zero-order valence-electron chi connectivity index (χ0n) is 11.2. The van der Waals surface area contributed by atoms with Crippen molar-refractivity contribution in [2.75, 3.05) is 10.6 Å². The van der Waals surface area contributed by atoms with E-state index in [0.717, 1.165) is 0 Å². The molecule has 0 saturated heterocycles. The highest BCUT2D eigenvalue weighted by atomic mass is 15.2. The Hall–Kier alpha value is -2.48. The lowest BCUT2D eigenvalue weighted by Crippen LogP contribution is -2.16. The molecule has 0 bridgehead atoms. The van der Waals surface area contributed by atoms with E-state index >= 15 is 0 Å². The van der Waals surface area contributed by atoms with Crippen LogP contribution >= 0.6 is 0 Å². The summed E-state index contributed by atoms with van der Waals surface area (Å²) in [5, 5.41) is 15.1. The number of hydrogen-bond donors (Lipinski definition) is 2. The Kier molecular flexibility index (Phi) is 1.72. The Bertz CT molecular complexity index is 955. The molecule has 0 amide bonds. The smallest absolute Gasteiger partial charge is 0.0936 e. The van der Waals surface area contributed by atoms with Gasteiger partial charge in [-0.2, -0.15) is 0 Å². The lowest BCUT2D eigenvalue weighted by Gasteiger charge is -2.13. The van der Waals surface area contributed by atoms with E-state index in [4.69, 9.17) is 0 Å². The fourth-order valence-corrected chi connectivity index (χ4v) is 3.57. The zero-order chi connectivity index (χ0) is 13.3. The van der Waals surface area contributed by atoms with Gasteiger partial charge in [0, 0.05) is 5.39 Å². The van der Waals surface area contributed by atoms with Crippen molar-refractivity contribution < 1.29 is 0 Å². The van der Waals surface area contributed by atoms with Gasteiger partial charge >= 0.3 is 0 Å². The van der Waals surface area contributed by atoms with Crippen LogP contribution in [-0.2, 0) is 0 Å². The quantitative estimate of drug-likeness (QED) is 0.444. The van der Waals surface area contributed by atoms with Crippen LogP contribution in [0, 0.1) is 0 Å². The number of nitrogens with one attached hydrogen (secondary N) is 2. The third-order valence-electron chi connectivity index (χ3n) is 4.38. The highest BCUT2D eigenvalue weighted by Crippen LogP contribution is 2.43. The predicted octanol–water partition coefficient (Wildman–Crippen LogP) is 4.77. The standard InChI is InChI=1S/C18H14N2/c1-10-19-15-9-13-6-5-11-3-2-4-12-7-8-14(18(15)20-10)17(13)16(11)12/h2-10,19-20H,1H3. The normalized spacial score (nSPS) is 17.6. The average molecular weight is 258 g/mol. The second-order valence-corrected chi connectivity index (χ2v) is 5.67. The van der Waals surface area contributed by atoms with Crippen molar-refractivity contribution >= 4 is 43.7 Å². The molecule has 4 aromatic carbocycles. The third kappa shape index (κ3) is 1.14. The van der Waals surface area contributed by atoms with Crippen molar-refractivity contribution in [1.82, 2.24) is 0 Å². The molecule has 0 radical (unpaired) electrons. The Morgan fingerprint density at radius 1 is 0.800 bits per heavy atom. The highest BCUT2D eigenvalue weighted by Gasteiger charge is 2.20. The minimum Gasteiger partial charge on any atom is -0.364 e. The maximum absolute atomic E-state index is 3.54. The van der Waals surface area contributed by atoms with Crippen LogP contribution in [0.25, 0.3) is 32.3 Å². The van der Waals surface area contributed by atoms with E-state index in [1.54, 1.807) is 0 Å². The van der Waals surface area contributed by atoms with Gasteiger partial charge in [0.05, 0.1) is 17.5 Å². The number of anilines is 2. The molecule has 4 aromatic rings. The maximum atomic E-state index is 3.54. The van der Waals surface area contributed by atoms with Crippen molar-refractivity contribution in [3.05, 3.63) is 48.5 Å². The lowest BCUT2D eigenvalue weighted by atomic mass is 9.93. The van der Waals surface area contributed by atoms with E-state index in [0.29, 0.717) is 6.17 Å². The summed E-state index contributed by atoms with van der Waals surface area (Å²) in [7, 11) is 0. The van der Waals surface area contributed by atoms with Crippen molar-refractivity contribution in [3.8, 4) is 0 Å². The molecule has 96 valence electrons. The first kappa shape index (κ1) is 10.3. The predicted molar refractivity (Wildman–Crippen MR) is 86.9 cm³/mol. The van der Waals surface area contributed by atoms with E-state index in [2.05, 4.69) is 66.1 Å². The first-order valence-corrected chi connectivity index (χ1v) is 7.05. The molecule has 0 saturated carbocycles. The summed E-state index contributed by atoms with van der Waals surface area (Å²) >= 11 is 0. The van der Waals surface area contributed by atoms with E-state index in [9.17, 15) is 0 Å². The first-order chi connectivity index (χ1) is 9.81. The van der Waals surface area contributed by atoms with Gasteiger partial charge < -0.3 is 10.6 Å². The van der Waals surface area contributed by atoms with E-state index in [-0.39, 0.29) is 0 Å². The van der Waals surface area contributed by atoms with Crippen LogP contribution in [0.3, 0.4) is 0 Å². The molecule has 1 atom stereocenters. The van der Waals surface area contributed by atoms with Gasteiger partial charge in [0.1, 0.15) is 0 Å². The average Bonchev–Trinajstić information content (AvgIpc) is 2.84. The summed E-state index contributed by atoms with van der Waals surface area (Å²) in [4.78, 5) is 0. The second kappa shape index (κ2) is 3.34. The summed E-state index contributed by atoms with van der Waals surface area (Å²) in [5.41, 5.74) is 2.45. The number of hydrogen-bond acceptors (Lipinski definition) is 2. The highest BCUT2D eigenvalue weighted by molar-refractivity contribution is 6.27. The number of benzene rings is 4. The van der Waals surface area contributed by atoms with Crippen LogP contribution < -0.4 is 10.6 Å².